The summed E-state index contributed by atoms with van der Waals surface area (Å²) < 4.78 is 21.9. The van der Waals surface area contributed by atoms with Gasteiger partial charge in [0.15, 0.2) is 28.9 Å². The van der Waals surface area contributed by atoms with Crippen molar-refractivity contribution in [3.63, 3.8) is 0 Å². The van der Waals surface area contributed by atoms with Crippen LogP contribution in [0, 0.1) is 0 Å². The molecule has 10 nitrogen and oxygen atoms in total. The van der Waals surface area contributed by atoms with E-state index in [1.54, 1.807) is 49.6 Å². The number of methoxy groups -OCH3 is 2. The smallest absolute Gasteiger partial charge is 0.204 e. The summed E-state index contributed by atoms with van der Waals surface area (Å²) in [5.41, 5.74) is 1.91. The second-order valence-electron chi connectivity index (χ2n) is 9.32. The lowest BCUT2D eigenvalue weighted by Gasteiger charge is -2.15. The van der Waals surface area contributed by atoms with E-state index in [4.69, 9.17) is 18.9 Å². The van der Waals surface area contributed by atoms with Gasteiger partial charge in [0, 0.05) is 30.2 Å². The Labute approximate surface area is 247 Å². The number of ketones is 3. The highest BCUT2D eigenvalue weighted by molar-refractivity contribution is 6.50. The monoisotopic (exact) mass is 577 g/mol. The van der Waals surface area contributed by atoms with Gasteiger partial charge in [0.25, 0.3) is 0 Å². The molecule has 0 aliphatic heterocycles. The van der Waals surface area contributed by atoms with Gasteiger partial charge in [-0.3, -0.25) is 14.4 Å². The quantitative estimate of drug-likeness (QED) is 0.135. The topological polar surface area (TPSA) is 126 Å². The molecule has 0 amide bonds. The van der Waals surface area contributed by atoms with Crippen LogP contribution in [0.3, 0.4) is 0 Å². The van der Waals surface area contributed by atoms with E-state index in [0.29, 0.717) is 46.9 Å². The third-order valence-corrected chi connectivity index (χ3v) is 6.43. The largest absolute Gasteiger partial charge is 0.493 e. The standard InChI is InChI=1S/C33H27N3O7/c1-40-14-15-42-32-18-25-24(16-31(32)41-2)33(35-20-34-25)36-26-17-29(39)30(19-28(26)38)43-23-11-9-22(10-12-23)27(37)13-8-21-6-4-3-5-7-21/h3-13,16,18-20H,14-15,17H2,1-2H3. The predicted octanol–water partition coefficient (Wildman–Crippen LogP) is 5.14. The van der Waals surface area contributed by atoms with Crippen LogP contribution in [-0.2, 0) is 14.3 Å². The Kier molecular flexibility index (Phi) is 9.08. The van der Waals surface area contributed by atoms with Crippen LogP contribution in [0.15, 0.2) is 96.0 Å². The van der Waals surface area contributed by atoms with E-state index in [-0.39, 0.29) is 29.5 Å². The van der Waals surface area contributed by atoms with Gasteiger partial charge in [-0.1, -0.05) is 36.4 Å². The van der Waals surface area contributed by atoms with E-state index in [1.165, 1.54) is 19.5 Å². The van der Waals surface area contributed by atoms with Crippen molar-refractivity contribution in [1.82, 2.24) is 9.97 Å². The molecule has 216 valence electrons. The second kappa shape index (κ2) is 13.5. The summed E-state index contributed by atoms with van der Waals surface area (Å²) in [6.07, 6.45) is 5.38. The first-order valence-corrected chi connectivity index (χ1v) is 13.3. The first kappa shape index (κ1) is 29.0. The molecule has 43 heavy (non-hydrogen) atoms. The molecule has 0 saturated carbocycles. The summed E-state index contributed by atoms with van der Waals surface area (Å²) in [5.74, 6) is 0.236. The van der Waals surface area contributed by atoms with Gasteiger partial charge in [0.1, 0.15) is 18.7 Å². The second-order valence-corrected chi connectivity index (χ2v) is 9.32. The number of Topliss-reactive ketones (excluding diaryl/α,β-unsaturated/α-hetero) is 1. The summed E-state index contributed by atoms with van der Waals surface area (Å²) in [5, 5.41) is 0.519. The lowest BCUT2D eigenvalue weighted by molar-refractivity contribution is -0.118. The van der Waals surface area contributed by atoms with E-state index in [2.05, 4.69) is 15.0 Å². The summed E-state index contributed by atoms with van der Waals surface area (Å²) in [7, 11) is 3.08. The van der Waals surface area contributed by atoms with Crippen LogP contribution in [-0.4, -0.2) is 60.5 Å². The van der Waals surface area contributed by atoms with Crippen LogP contribution in [0.5, 0.6) is 17.2 Å². The Morgan fingerprint density at radius 2 is 1.74 bits per heavy atom. The van der Waals surface area contributed by atoms with Crippen molar-refractivity contribution in [1.29, 1.82) is 0 Å². The van der Waals surface area contributed by atoms with E-state index in [9.17, 15) is 14.4 Å². The normalized spacial score (nSPS) is 14.3. The number of carbonyl (C=O) groups excluding carboxylic acids is 3. The molecule has 0 saturated heterocycles. The van der Waals surface area contributed by atoms with Gasteiger partial charge < -0.3 is 18.9 Å². The maximum atomic E-state index is 12.9. The van der Waals surface area contributed by atoms with Crippen LogP contribution >= 0.6 is 0 Å². The fourth-order valence-electron chi connectivity index (χ4n) is 4.21. The van der Waals surface area contributed by atoms with Gasteiger partial charge in [-0.15, -0.1) is 0 Å². The van der Waals surface area contributed by atoms with Crippen molar-refractivity contribution in [2.45, 2.75) is 6.42 Å². The maximum absolute atomic E-state index is 12.9. The third-order valence-electron chi connectivity index (χ3n) is 6.43. The molecule has 3 aromatic carbocycles. The Balaban J connectivity index is 1.31. The number of aromatic nitrogens is 2. The van der Waals surface area contributed by atoms with Crippen LogP contribution in [0.4, 0.5) is 5.82 Å². The first-order valence-electron chi connectivity index (χ1n) is 13.3. The molecule has 4 aromatic rings. The number of carbonyl (C=O) groups is 3. The Morgan fingerprint density at radius 1 is 0.953 bits per heavy atom. The molecule has 0 fully saturated rings. The molecule has 0 N–H and O–H groups in total. The fourth-order valence-corrected chi connectivity index (χ4v) is 4.21. The minimum atomic E-state index is -0.481. The Hall–Kier alpha value is -5.48. The van der Waals surface area contributed by atoms with E-state index < -0.39 is 11.6 Å². The molecule has 1 aliphatic rings. The zero-order valence-corrected chi connectivity index (χ0v) is 23.5. The maximum Gasteiger partial charge on any atom is 0.204 e. The molecule has 1 aromatic heterocycles. The van der Waals surface area contributed by atoms with Crippen LogP contribution in [0.1, 0.15) is 22.3 Å². The molecule has 0 bridgehead atoms. The van der Waals surface area contributed by atoms with Crippen molar-refractivity contribution in [2.75, 3.05) is 27.4 Å². The minimum Gasteiger partial charge on any atom is -0.493 e. The summed E-state index contributed by atoms with van der Waals surface area (Å²) in [6.45, 7) is 0.720. The molecule has 0 spiro atoms. The zero-order valence-electron chi connectivity index (χ0n) is 23.5. The number of nitrogens with zero attached hydrogens (tertiary/aromatic N) is 3. The minimum absolute atomic E-state index is 0.0166. The molecule has 1 aliphatic carbocycles. The molecular formula is C33H27N3O7. The summed E-state index contributed by atoms with van der Waals surface area (Å²) >= 11 is 0. The highest BCUT2D eigenvalue weighted by Crippen LogP contribution is 2.35. The SMILES string of the molecule is COCCOc1cc2ncnc(N=C3CC(=O)C(Oc4ccc(C(=O)C=Cc5ccccc5)cc4)=CC3=O)c2cc1OC. The van der Waals surface area contributed by atoms with Crippen LogP contribution in [0.25, 0.3) is 17.0 Å². The van der Waals surface area contributed by atoms with Crippen molar-refractivity contribution in [3.8, 4) is 17.2 Å². The van der Waals surface area contributed by atoms with Crippen LogP contribution in [0.2, 0.25) is 0 Å². The Bertz CT molecular complexity index is 1760. The zero-order chi connectivity index (χ0) is 30.2. The van der Waals surface area contributed by atoms with E-state index in [1.807, 2.05) is 30.3 Å². The van der Waals surface area contributed by atoms with Crippen molar-refractivity contribution in [3.05, 3.63) is 102 Å². The number of hydrogen-bond donors (Lipinski definition) is 0. The average molecular weight is 578 g/mol. The highest BCUT2D eigenvalue weighted by atomic mass is 16.5. The number of allylic oxidation sites excluding steroid dienone is 3. The van der Waals surface area contributed by atoms with Gasteiger partial charge in [-0.05, 0) is 42.0 Å². The van der Waals surface area contributed by atoms with Crippen LogP contribution < -0.4 is 14.2 Å². The first-order chi connectivity index (χ1) is 20.9. The predicted molar refractivity (Wildman–Crippen MR) is 160 cm³/mol. The number of aliphatic imine (C=N–C) groups is 1. The molecular weight excluding hydrogens is 550 g/mol. The number of rotatable bonds is 11. The van der Waals surface area contributed by atoms with Gasteiger partial charge in [-0.25, -0.2) is 15.0 Å². The number of ether oxygens (including phenoxy) is 4. The number of hydrogen-bond acceptors (Lipinski definition) is 10. The van der Waals surface area contributed by atoms with Crippen molar-refractivity contribution < 1.29 is 33.3 Å². The lowest BCUT2D eigenvalue weighted by Crippen LogP contribution is -2.26. The molecule has 1 heterocycles. The van der Waals surface area contributed by atoms with Gasteiger partial charge in [0.05, 0.1) is 31.4 Å². The summed E-state index contributed by atoms with van der Waals surface area (Å²) in [6, 6.07) is 19.2. The fraction of sp³-hybridized carbons (Fsp3) is 0.152. The third kappa shape index (κ3) is 7.06. The van der Waals surface area contributed by atoms with Crippen molar-refractivity contribution in [2.24, 2.45) is 4.99 Å². The van der Waals surface area contributed by atoms with Gasteiger partial charge >= 0.3 is 0 Å². The number of fused-ring (bicyclic) bond motifs is 1. The average Bonchev–Trinajstić information content (AvgIpc) is 3.03. The molecule has 0 atom stereocenters. The van der Waals surface area contributed by atoms with Gasteiger partial charge in [-0.2, -0.15) is 0 Å². The molecule has 0 unspecified atom stereocenters. The number of benzene rings is 3. The molecule has 0 radical (unpaired) electrons. The molecule has 5 rings (SSSR count). The Morgan fingerprint density at radius 3 is 2.49 bits per heavy atom. The van der Waals surface area contributed by atoms with Gasteiger partial charge in [0.2, 0.25) is 11.6 Å². The highest BCUT2D eigenvalue weighted by Gasteiger charge is 2.27. The van der Waals surface area contributed by atoms with E-state index in [0.717, 1.165) is 11.6 Å². The molecule has 10 heteroatoms. The van der Waals surface area contributed by atoms with Crippen molar-refractivity contribution >= 4 is 45.9 Å². The van der Waals surface area contributed by atoms with E-state index >= 15 is 0 Å². The lowest BCUT2D eigenvalue weighted by atomic mass is 10.0. The summed E-state index contributed by atoms with van der Waals surface area (Å²) in [4.78, 5) is 51.3.